The van der Waals surface area contributed by atoms with E-state index < -0.39 is 5.60 Å². The Bertz CT molecular complexity index is 1320. The minimum Gasteiger partial charge on any atom is -0.504 e. The number of fused-ring (bicyclic) bond motifs is 3. The zero-order chi connectivity index (χ0) is 27.2. The number of phenols is 1. The van der Waals surface area contributed by atoms with Crippen molar-refractivity contribution in [2.24, 2.45) is 0 Å². The molecular formula is C32H41N3O4. The average Bonchev–Trinajstić information content (AvgIpc) is 2.93. The Hall–Kier alpha value is -3.48. The lowest BCUT2D eigenvalue weighted by Crippen LogP contribution is -2.41. The number of phenolic OH excluding ortho intramolecular Hbond substituents is 1. The SMILES string of the molecule is COc1cc2c(cc1O)CCC(C)(CC(=O)NCCCCCCNc1c3c(nc4ccccc14)CCCC3)O2. The lowest BCUT2D eigenvalue weighted by Gasteiger charge is -2.35. The van der Waals surface area contributed by atoms with E-state index in [4.69, 9.17) is 14.5 Å². The van der Waals surface area contributed by atoms with Gasteiger partial charge in [0.15, 0.2) is 11.5 Å². The van der Waals surface area contributed by atoms with Gasteiger partial charge in [-0.15, -0.1) is 0 Å². The number of carbonyl (C=O) groups excluding carboxylic acids is 1. The van der Waals surface area contributed by atoms with Gasteiger partial charge >= 0.3 is 0 Å². The van der Waals surface area contributed by atoms with E-state index in [2.05, 4.69) is 34.9 Å². The number of amides is 1. The van der Waals surface area contributed by atoms with Crippen molar-refractivity contribution in [1.29, 1.82) is 0 Å². The zero-order valence-electron chi connectivity index (χ0n) is 23.3. The summed E-state index contributed by atoms with van der Waals surface area (Å²) < 4.78 is 11.4. The first-order chi connectivity index (χ1) is 19.0. The summed E-state index contributed by atoms with van der Waals surface area (Å²) in [6, 6.07) is 11.9. The van der Waals surface area contributed by atoms with Crippen LogP contribution in [0.4, 0.5) is 5.69 Å². The molecule has 2 aliphatic rings. The molecule has 5 rings (SSSR count). The molecule has 1 aliphatic heterocycles. The largest absolute Gasteiger partial charge is 0.504 e. The van der Waals surface area contributed by atoms with E-state index in [0.717, 1.165) is 69.0 Å². The summed E-state index contributed by atoms with van der Waals surface area (Å²) in [6.45, 7) is 3.61. The summed E-state index contributed by atoms with van der Waals surface area (Å²) in [6.07, 6.45) is 10.7. The molecule has 3 aromatic rings. The van der Waals surface area contributed by atoms with Gasteiger partial charge in [-0.05, 0) is 81.5 Å². The van der Waals surface area contributed by atoms with Gasteiger partial charge in [0.25, 0.3) is 0 Å². The highest BCUT2D eigenvalue weighted by Gasteiger charge is 2.34. The van der Waals surface area contributed by atoms with Crippen molar-refractivity contribution in [3.05, 3.63) is 53.2 Å². The van der Waals surface area contributed by atoms with Gasteiger partial charge in [0.2, 0.25) is 5.91 Å². The van der Waals surface area contributed by atoms with E-state index in [1.54, 1.807) is 12.1 Å². The second kappa shape index (κ2) is 12.1. The van der Waals surface area contributed by atoms with Crippen LogP contribution in [0.25, 0.3) is 10.9 Å². The van der Waals surface area contributed by atoms with E-state index in [-0.39, 0.29) is 11.7 Å². The molecule has 0 fully saturated rings. The number of rotatable bonds is 11. The summed E-state index contributed by atoms with van der Waals surface area (Å²) in [5, 5.41) is 18.1. The van der Waals surface area contributed by atoms with Gasteiger partial charge in [0, 0.05) is 35.9 Å². The first-order valence-corrected chi connectivity index (χ1v) is 14.5. The number of benzene rings is 2. The number of nitrogens with zero attached hydrogens (tertiary/aromatic N) is 1. The molecule has 0 saturated heterocycles. The normalized spacial score (nSPS) is 18.1. The first-order valence-electron chi connectivity index (χ1n) is 14.5. The summed E-state index contributed by atoms with van der Waals surface area (Å²) >= 11 is 0. The fraction of sp³-hybridized carbons (Fsp3) is 0.500. The molecule has 2 heterocycles. The Labute approximate surface area is 231 Å². The molecule has 1 aliphatic carbocycles. The number of hydrogen-bond acceptors (Lipinski definition) is 6. The van der Waals surface area contributed by atoms with Gasteiger partial charge in [-0.25, -0.2) is 0 Å². The fourth-order valence-electron chi connectivity index (χ4n) is 5.91. The summed E-state index contributed by atoms with van der Waals surface area (Å²) in [5.74, 6) is 1.19. The molecule has 0 bridgehead atoms. The molecule has 1 amide bonds. The minimum atomic E-state index is -0.568. The van der Waals surface area contributed by atoms with Crippen LogP contribution in [-0.2, 0) is 24.1 Å². The monoisotopic (exact) mass is 531 g/mol. The molecule has 7 nitrogen and oxygen atoms in total. The van der Waals surface area contributed by atoms with E-state index in [1.807, 2.05) is 6.92 Å². The van der Waals surface area contributed by atoms with Crippen LogP contribution in [0, 0.1) is 0 Å². The summed E-state index contributed by atoms with van der Waals surface area (Å²) in [7, 11) is 1.52. The molecule has 7 heteroatoms. The number of aromatic hydroxyl groups is 1. The van der Waals surface area contributed by atoms with Crippen LogP contribution in [0.1, 0.15) is 75.1 Å². The van der Waals surface area contributed by atoms with Crippen LogP contribution in [0.2, 0.25) is 0 Å². The van der Waals surface area contributed by atoms with Crippen LogP contribution in [0.5, 0.6) is 17.2 Å². The lowest BCUT2D eigenvalue weighted by atomic mass is 9.89. The molecule has 0 saturated carbocycles. The number of hydrogen-bond donors (Lipinski definition) is 3. The number of para-hydroxylation sites is 1. The van der Waals surface area contributed by atoms with Crippen molar-refractivity contribution in [3.63, 3.8) is 0 Å². The van der Waals surface area contributed by atoms with Crippen molar-refractivity contribution in [1.82, 2.24) is 10.3 Å². The maximum Gasteiger partial charge on any atom is 0.224 e. The van der Waals surface area contributed by atoms with Gasteiger partial charge in [-0.2, -0.15) is 0 Å². The quantitative estimate of drug-likeness (QED) is 0.259. The summed E-state index contributed by atoms with van der Waals surface area (Å²) in [5.41, 5.74) is 5.44. The Morgan fingerprint density at radius 1 is 1.08 bits per heavy atom. The number of methoxy groups -OCH3 is 1. The third kappa shape index (κ3) is 6.40. The highest BCUT2D eigenvalue weighted by molar-refractivity contribution is 5.93. The molecule has 1 aromatic heterocycles. The predicted octanol–water partition coefficient (Wildman–Crippen LogP) is 6.09. The molecule has 1 unspecified atom stereocenters. The second-order valence-corrected chi connectivity index (χ2v) is 11.2. The standard InChI is InChI=1S/C32H41N3O4/c1-32(16-15-22-19-27(36)29(38-2)20-28(22)39-32)21-30(37)33-17-9-3-4-10-18-34-31-23-11-5-7-13-25(23)35-26-14-8-6-12-24(26)31/h5,7,11,13,19-20,36H,3-4,6,8-10,12,14-18,21H2,1-2H3,(H,33,37)(H,34,35). The number of aryl methyl sites for hydroxylation is 2. The third-order valence-electron chi connectivity index (χ3n) is 8.07. The minimum absolute atomic E-state index is 0.0164. The first kappa shape index (κ1) is 27.1. The van der Waals surface area contributed by atoms with E-state index >= 15 is 0 Å². The summed E-state index contributed by atoms with van der Waals surface area (Å²) in [4.78, 5) is 17.6. The highest BCUT2D eigenvalue weighted by atomic mass is 16.5. The Kier molecular flexibility index (Phi) is 8.44. The molecule has 39 heavy (non-hydrogen) atoms. The van der Waals surface area contributed by atoms with Crippen molar-refractivity contribution >= 4 is 22.5 Å². The number of aromatic nitrogens is 1. The van der Waals surface area contributed by atoms with Crippen LogP contribution >= 0.6 is 0 Å². The zero-order valence-corrected chi connectivity index (χ0v) is 23.3. The van der Waals surface area contributed by atoms with Crippen molar-refractivity contribution in [2.45, 2.75) is 83.2 Å². The van der Waals surface area contributed by atoms with Crippen molar-refractivity contribution < 1.29 is 19.4 Å². The van der Waals surface area contributed by atoms with Gasteiger partial charge in [-0.1, -0.05) is 31.0 Å². The van der Waals surface area contributed by atoms with Gasteiger partial charge in [0.05, 0.1) is 19.0 Å². The van der Waals surface area contributed by atoms with Gasteiger partial charge in [-0.3, -0.25) is 9.78 Å². The molecule has 208 valence electrons. The van der Waals surface area contributed by atoms with Crippen molar-refractivity contribution in [3.8, 4) is 17.2 Å². The van der Waals surface area contributed by atoms with E-state index in [1.165, 1.54) is 42.3 Å². The van der Waals surface area contributed by atoms with Crippen molar-refractivity contribution in [2.75, 3.05) is 25.5 Å². The number of nitrogens with one attached hydrogen (secondary N) is 2. The average molecular weight is 532 g/mol. The Balaban J connectivity index is 1.02. The molecule has 0 spiro atoms. The molecule has 1 atom stereocenters. The van der Waals surface area contributed by atoms with Crippen LogP contribution in [0.3, 0.4) is 0 Å². The third-order valence-corrected chi connectivity index (χ3v) is 8.07. The maximum atomic E-state index is 12.7. The number of pyridine rings is 1. The van der Waals surface area contributed by atoms with Gasteiger partial charge in [0.1, 0.15) is 11.4 Å². The molecule has 3 N–H and O–H groups in total. The lowest BCUT2D eigenvalue weighted by molar-refractivity contribution is -0.125. The second-order valence-electron chi connectivity index (χ2n) is 11.2. The highest BCUT2D eigenvalue weighted by Crippen LogP contribution is 2.41. The van der Waals surface area contributed by atoms with Crippen LogP contribution in [0.15, 0.2) is 36.4 Å². The smallest absolute Gasteiger partial charge is 0.224 e. The number of carbonyl (C=O) groups is 1. The molecule has 2 aromatic carbocycles. The van der Waals surface area contributed by atoms with E-state index in [0.29, 0.717) is 24.5 Å². The fourth-order valence-corrected chi connectivity index (χ4v) is 5.91. The maximum absolute atomic E-state index is 12.7. The topological polar surface area (TPSA) is 92.7 Å². The van der Waals surface area contributed by atoms with Crippen LogP contribution < -0.4 is 20.1 Å². The molecule has 0 radical (unpaired) electrons. The number of anilines is 1. The van der Waals surface area contributed by atoms with E-state index in [9.17, 15) is 9.90 Å². The predicted molar refractivity (Wildman–Crippen MR) is 155 cm³/mol. The van der Waals surface area contributed by atoms with Crippen LogP contribution in [-0.4, -0.2) is 41.8 Å². The Morgan fingerprint density at radius 2 is 1.87 bits per heavy atom. The number of ether oxygens (including phenoxy) is 2. The molecular weight excluding hydrogens is 490 g/mol. The van der Waals surface area contributed by atoms with Gasteiger partial charge < -0.3 is 25.2 Å². The number of unbranched alkanes of at least 4 members (excludes halogenated alkanes) is 3. The Morgan fingerprint density at radius 3 is 2.72 bits per heavy atom.